The van der Waals surface area contributed by atoms with Crippen molar-refractivity contribution >= 4 is 5.97 Å². The summed E-state index contributed by atoms with van der Waals surface area (Å²) in [6, 6.07) is 0. The first-order chi connectivity index (χ1) is 11.6. The molecule has 5 heteroatoms. The number of aliphatic carboxylic acids is 1. The van der Waals surface area contributed by atoms with E-state index in [4.69, 9.17) is 4.74 Å². The number of aliphatic hydroxyl groups is 2. The van der Waals surface area contributed by atoms with E-state index >= 15 is 0 Å². The van der Waals surface area contributed by atoms with Crippen molar-refractivity contribution in [3.05, 3.63) is 23.8 Å². The minimum Gasteiger partial charge on any atom is -0.478 e. The van der Waals surface area contributed by atoms with E-state index in [2.05, 4.69) is 19.6 Å². The molecule has 1 fully saturated rings. The van der Waals surface area contributed by atoms with Crippen molar-refractivity contribution in [3.8, 4) is 0 Å². The van der Waals surface area contributed by atoms with Crippen molar-refractivity contribution in [2.24, 2.45) is 11.8 Å². The van der Waals surface area contributed by atoms with Gasteiger partial charge in [-0.2, -0.15) is 0 Å². The molecule has 1 saturated heterocycles. The number of carbonyl (C=O) groups is 1. The van der Waals surface area contributed by atoms with Crippen LogP contribution in [0.5, 0.6) is 0 Å². The highest BCUT2D eigenvalue weighted by atomic mass is 16.5. The fourth-order valence-corrected chi connectivity index (χ4v) is 3.99. The Kier molecular flexibility index (Phi) is 6.46. The first-order valence-electron chi connectivity index (χ1n) is 9.27. The number of ether oxygens (including phenoxy) is 1. The minimum atomic E-state index is -1.07. The van der Waals surface area contributed by atoms with E-state index in [-0.39, 0.29) is 11.5 Å². The van der Waals surface area contributed by atoms with Crippen LogP contribution in [0.1, 0.15) is 59.3 Å². The highest BCUT2D eigenvalue weighted by molar-refractivity contribution is 5.86. The lowest BCUT2D eigenvalue weighted by Gasteiger charge is -2.31. The molecule has 0 aliphatic carbocycles. The fraction of sp³-hybridized carbons (Fsp3) is 0.750. The highest BCUT2D eigenvalue weighted by Gasteiger charge is 2.49. The Morgan fingerprint density at radius 2 is 2.12 bits per heavy atom. The summed E-state index contributed by atoms with van der Waals surface area (Å²) in [6.45, 7) is 9.50. The zero-order valence-corrected chi connectivity index (χ0v) is 15.6. The first kappa shape index (κ1) is 20.1. The van der Waals surface area contributed by atoms with Gasteiger partial charge in [0.25, 0.3) is 0 Å². The van der Waals surface area contributed by atoms with Gasteiger partial charge in [0.15, 0.2) is 0 Å². The molecule has 0 spiro atoms. The number of allylic oxidation sites excluding steroid dienone is 2. The standard InChI is InChI=1S/C20H32O5/c1-12-7-5-9-13(2)17(21)18-15(14(3)19(22)23)11-16(25-18)20(4,24)10-6-8-12/h8,13,15-18,21,24H,3,5-7,9-11H2,1-2,4H3,(H,22,23)/b12-8+/t13-,15+,16+,17+,18-,20-/m1/s1. The zero-order valence-electron chi connectivity index (χ0n) is 15.6. The maximum atomic E-state index is 11.4. The van der Waals surface area contributed by atoms with Gasteiger partial charge >= 0.3 is 5.97 Å². The summed E-state index contributed by atoms with van der Waals surface area (Å²) >= 11 is 0. The summed E-state index contributed by atoms with van der Waals surface area (Å²) in [5, 5.41) is 31.0. The molecule has 0 amide bonds. The Morgan fingerprint density at radius 1 is 1.44 bits per heavy atom. The second-order valence-electron chi connectivity index (χ2n) is 8.07. The second kappa shape index (κ2) is 8.02. The van der Waals surface area contributed by atoms with Crippen molar-refractivity contribution in [1.82, 2.24) is 0 Å². The summed E-state index contributed by atoms with van der Waals surface area (Å²) in [5.41, 5.74) is 0.289. The number of hydrogen-bond donors (Lipinski definition) is 3. The molecular formula is C20H32O5. The van der Waals surface area contributed by atoms with E-state index in [9.17, 15) is 20.1 Å². The van der Waals surface area contributed by atoms with Crippen molar-refractivity contribution in [2.45, 2.75) is 83.2 Å². The Morgan fingerprint density at radius 3 is 2.76 bits per heavy atom. The van der Waals surface area contributed by atoms with Crippen molar-refractivity contribution in [2.75, 3.05) is 0 Å². The molecule has 2 rings (SSSR count). The fourth-order valence-electron chi connectivity index (χ4n) is 3.99. The number of carboxylic acid groups (broad SMARTS) is 1. The van der Waals surface area contributed by atoms with Crippen molar-refractivity contribution < 1.29 is 24.9 Å². The summed E-state index contributed by atoms with van der Waals surface area (Å²) in [5.74, 6) is -1.56. The van der Waals surface area contributed by atoms with Crippen LogP contribution in [0.3, 0.4) is 0 Å². The minimum absolute atomic E-state index is 0.00801. The molecule has 2 aliphatic heterocycles. The summed E-state index contributed by atoms with van der Waals surface area (Å²) in [6.07, 6.45) is 4.71. The quantitative estimate of drug-likeness (QED) is 0.525. The van der Waals surface area contributed by atoms with Crippen LogP contribution in [-0.4, -0.2) is 45.2 Å². The van der Waals surface area contributed by atoms with Gasteiger partial charge in [-0.25, -0.2) is 4.79 Å². The molecule has 0 unspecified atom stereocenters. The molecule has 0 aromatic carbocycles. The van der Waals surface area contributed by atoms with Crippen LogP contribution >= 0.6 is 0 Å². The molecule has 6 atom stereocenters. The Hall–Kier alpha value is -1.17. The zero-order chi connectivity index (χ0) is 18.8. The lowest BCUT2D eigenvalue weighted by molar-refractivity contribution is -0.136. The molecule has 0 aromatic rings. The van der Waals surface area contributed by atoms with Gasteiger partial charge in [0.05, 0.1) is 23.9 Å². The third kappa shape index (κ3) is 4.72. The normalized spacial score (nSPS) is 42.4. The van der Waals surface area contributed by atoms with Crippen LogP contribution in [-0.2, 0) is 9.53 Å². The van der Waals surface area contributed by atoms with Crippen molar-refractivity contribution in [1.29, 1.82) is 0 Å². The maximum Gasteiger partial charge on any atom is 0.331 e. The van der Waals surface area contributed by atoms with Gasteiger partial charge in [0.2, 0.25) is 0 Å². The number of fused-ring (bicyclic) bond motifs is 2. The van der Waals surface area contributed by atoms with E-state index in [1.807, 2.05) is 6.92 Å². The van der Waals surface area contributed by atoms with Crippen LogP contribution in [0, 0.1) is 11.8 Å². The average Bonchev–Trinajstić information content (AvgIpc) is 2.98. The molecule has 142 valence electrons. The Bertz CT molecular complexity index is 536. The van der Waals surface area contributed by atoms with Crippen LogP contribution < -0.4 is 0 Å². The van der Waals surface area contributed by atoms with E-state index in [1.54, 1.807) is 6.92 Å². The summed E-state index contributed by atoms with van der Waals surface area (Å²) in [4.78, 5) is 11.4. The molecule has 0 radical (unpaired) electrons. The average molecular weight is 352 g/mol. The van der Waals surface area contributed by atoms with Gasteiger partial charge in [0, 0.05) is 11.5 Å². The summed E-state index contributed by atoms with van der Waals surface area (Å²) in [7, 11) is 0. The van der Waals surface area contributed by atoms with Gasteiger partial charge in [-0.15, -0.1) is 0 Å². The van der Waals surface area contributed by atoms with E-state index in [1.165, 1.54) is 5.57 Å². The predicted molar refractivity (Wildman–Crippen MR) is 96.2 cm³/mol. The third-order valence-corrected chi connectivity index (χ3v) is 5.90. The molecule has 2 heterocycles. The molecule has 2 bridgehead atoms. The number of carboxylic acids is 1. The van der Waals surface area contributed by atoms with Gasteiger partial charge in [-0.3, -0.25) is 0 Å². The predicted octanol–water partition coefficient (Wildman–Crippen LogP) is 3.06. The number of rotatable bonds is 2. The van der Waals surface area contributed by atoms with Gasteiger partial charge < -0.3 is 20.1 Å². The van der Waals surface area contributed by atoms with Crippen LogP contribution in [0.15, 0.2) is 23.8 Å². The lowest BCUT2D eigenvalue weighted by Crippen LogP contribution is -2.41. The van der Waals surface area contributed by atoms with E-state index in [0.717, 1.165) is 25.7 Å². The van der Waals surface area contributed by atoms with Crippen molar-refractivity contribution in [3.63, 3.8) is 0 Å². The molecule has 3 N–H and O–H groups in total. The maximum absolute atomic E-state index is 11.4. The molecule has 2 aliphatic rings. The summed E-state index contributed by atoms with van der Waals surface area (Å²) < 4.78 is 6.04. The molecule has 0 aromatic heterocycles. The van der Waals surface area contributed by atoms with Crippen LogP contribution in [0.4, 0.5) is 0 Å². The molecular weight excluding hydrogens is 320 g/mol. The smallest absolute Gasteiger partial charge is 0.331 e. The second-order valence-corrected chi connectivity index (χ2v) is 8.07. The van der Waals surface area contributed by atoms with Gasteiger partial charge in [0.1, 0.15) is 0 Å². The highest BCUT2D eigenvalue weighted by Crippen LogP contribution is 2.41. The largest absolute Gasteiger partial charge is 0.478 e. The number of hydrogen-bond acceptors (Lipinski definition) is 4. The monoisotopic (exact) mass is 352 g/mol. The number of aliphatic hydroxyl groups excluding tert-OH is 1. The third-order valence-electron chi connectivity index (χ3n) is 5.90. The molecule has 0 saturated carbocycles. The Balaban J connectivity index is 2.30. The topological polar surface area (TPSA) is 87.0 Å². The van der Waals surface area contributed by atoms with E-state index < -0.39 is 35.8 Å². The lowest BCUT2D eigenvalue weighted by atomic mass is 9.81. The van der Waals surface area contributed by atoms with Gasteiger partial charge in [-0.1, -0.05) is 25.2 Å². The first-order valence-corrected chi connectivity index (χ1v) is 9.27. The molecule has 5 nitrogen and oxygen atoms in total. The molecule has 25 heavy (non-hydrogen) atoms. The van der Waals surface area contributed by atoms with Gasteiger partial charge in [-0.05, 0) is 58.3 Å². The van der Waals surface area contributed by atoms with Crippen LogP contribution in [0.25, 0.3) is 0 Å². The van der Waals surface area contributed by atoms with Crippen LogP contribution in [0.2, 0.25) is 0 Å². The SMILES string of the molecule is C=C(C(=O)O)[C@@H]1C[C@@H]2O[C@H]1[C@@H](O)[C@H](C)CCC/C(C)=C/CC[C@@]2(C)O. The van der Waals surface area contributed by atoms with E-state index in [0.29, 0.717) is 12.8 Å². The Labute approximate surface area is 150 Å².